The molecule has 3 rings (SSSR count). The van der Waals surface area contributed by atoms with Crippen molar-refractivity contribution in [3.63, 3.8) is 0 Å². The molecular formula is C20H25FN4O3S. The number of rotatable bonds is 6. The highest BCUT2D eigenvalue weighted by atomic mass is 32.2. The lowest BCUT2D eigenvalue weighted by atomic mass is 9.86. The summed E-state index contributed by atoms with van der Waals surface area (Å²) in [5, 5.41) is 5.33. The van der Waals surface area contributed by atoms with Gasteiger partial charge in [0.2, 0.25) is 10.0 Å². The van der Waals surface area contributed by atoms with Gasteiger partial charge in [-0.25, -0.2) is 22.3 Å². The topological polar surface area (TPSA) is 100 Å². The zero-order chi connectivity index (χ0) is 20.9. The van der Waals surface area contributed by atoms with E-state index in [9.17, 15) is 17.6 Å². The zero-order valence-electron chi connectivity index (χ0n) is 16.1. The largest absolute Gasteiger partial charge is 0.334 e. The molecule has 29 heavy (non-hydrogen) atoms. The number of urea groups is 1. The third-order valence-corrected chi connectivity index (χ3v) is 6.44. The third-order valence-electron chi connectivity index (χ3n) is 4.93. The van der Waals surface area contributed by atoms with Gasteiger partial charge >= 0.3 is 6.03 Å². The van der Waals surface area contributed by atoms with Gasteiger partial charge in [-0.2, -0.15) is 0 Å². The number of nitrogens with zero attached hydrogens (tertiary/aromatic N) is 1. The number of hydrogen-bond donors (Lipinski definition) is 3. The first kappa shape index (κ1) is 21.2. The Morgan fingerprint density at radius 3 is 2.66 bits per heavy atom. The van der Waals surface area contributed by atoms with Gasteiger partial charge in [-0.15, -0.1) is 0 Å². The Balaban J connectivity index is 1.56. The quantitative estimate of drug-likeness (QED) is 0.668. The van der Waals surface area contributed by atoms with Gasteiger partial charge in [0.15, 0.2) is 0 Å². The Labute approximate surface area is 170 Å². The molecule has 0 aliphatic heterocycles. The van der Waals surface area contributed by atoms with Gasteiger partial charge in [0.1, 0.15) is 6.17 Å². The van der Waals surface area contributed by atoms with Crippen molar-refractivity contribution < 1.29 is 17.6 Å². The minimum Gasteiger partial charge on any atom is -0.334 e. The number of carbonyl (C=O) groups excluding carboxylic acids is 1. The molecule has 156 valence electrons. The number of alkyl halides is 1. The zero-order valence-corrected chi connectivity index (χ0v) is 17.0. The van der Waals surface area contributed by atoms with Crippen LogP contribution in [0, 0.1) is 5.92 Å². The van der Waals surface area contributed by atoms with Crippen molar-refractivity contribution in [1.82, 2.24) is 15.0 Å². The van der Waals surface area contributed by atoms with Gasteiger partial charge in [-0.3, -0.25) is 4.98 Å². The smallest absolute Gasteiger partial charge is 0.319 e. The summed E-state index contributed by atoms with van der Waals surface area (Å²) in [5.41, 5.74) is 1.31. The number of hydrogen-bond acceptors (Lipinski definition) is 4. The van der Waals surface area contributed by atoms with Crippen LogP contribution in [0.5, 0.6) is 0 Å². The van der Waals surface area contributed by atoms with Gasteiger partial charge in [0.25, 0.3) is 0 Å². The summed E-state index contributed by atoms with van der Waals surface area (Å²) in [5.74, 6) is 0.284. The predicted octanol–water partition coefficient (Wildman–Crippen LogP) is 3.21. The van der Waals surface area contributed by atoms with Crippen LogP contribution in [0.3, 0.4) is 0 Å². The fourth-order valence-electron chi connectivity index (χ4n) is 3.31. The minimum atomic E-state index is -3.83. The van der Waals surface area contributed by atoms with Crippen molar-refractivity contribution >= 4 is 21.7 Å². The number of carbonyl (C=O) groups is 1. The van der Waals surface area contributed by atoms with E-state index in [0.717, 1.165) is 12.0 Å². The molecule has 9 heteroatoms. The van der Waals surface area contributed by atoms with E-state index in [1.165, 1.54) is 24.3 Å². The Morgan fingerprint density at radius 1 is 1.21 bits per heavy atom. The SMILES string of the molecule is CC1CCC(F)C(NS(=O)(=O)c2ccc(NC(=O)NCc3cccnc3)cc2)C1. The van der Waals surface area contributed by atoms with Gasteiger partial charge in [-0.05, 0) is 61.1 Å². The molecule has 1 aliphatic carbocycles. The van der Waals surface area contributed by atoms with Gasteiger partial charge in [0.05, 0.1) is 10.9 Å². The molecule has 0 spiro atoms. The van der Waals surface area contributed by atoms with Crippen LogP contribution in [0.1, 0.15) is 31.7 Å². The predicted molar refractivity (Wildman–Crippen MR) is 109 cm³/mol. The maximum atomic E-state index is 14.1. The van der Waals surface area contributed by atoms with Crippen molar-refractivity contribution in [2.45, 2.75) is 49.8 Å². The number of anilines is 1. The molecule has 2 aromatic rings. The van der Waals surface area contributed by atoms with Crippen LogP contribution in [-0.4, -0.2) is 31.6 Å². The molecule has 1 aromatic heterocycles. The molecule has 1 aliphatic rings. The molecule has 1 aromatic carbocycles. The average molecular weight is 421 g/mol. The Morgan fingerprint density at radius 2 is 1.97 bits per heavy atom. The van der Waals surface area contributed by atoms with Crippen LogP contribution in [0.2, 0.25) is 0 Å². The van der Waals surface area contributed by atoms with Crippen molar-refractivity contribution in [3.05, 3.63) is 54.4 Å². The lowest BCUT2D eigenvalue weighted by Crippen LogP contribution is -2.44. The summed E-state index contributed by atoms with van der Waals surface area (Å²) in [6, 6.07) is 8.26. The first-order chi connectivity index (χ1) is 13.8. The fraction of sp³-hybridized carbons (Fsp3) is 0.400. The molecular weight excluding hydrogens is 395 g/mol. The van der Waals surface area contributed by atoms with Crippen LogP contribution in [0.4, 0.5) is 14.9 Å². The summed E-state index contributed by atoms with van der Waals surface area (Å²) in [6.45, 7) is 2.31. The van der Waals surface area contributed by atoms with Crippen molar-refractivity contribution in [2.24, 2.45) is 5.92 Å². The van der Waals surface area contributed by atoms with Gasteiger partial charge < -0.3 is 10.6 Å². The van der Waals surface area contributed by atoms with E-state index < -0.39 is 28.3 Å². The van der Waals surface area contributed by atoms with E-state index in [1.807, 2.05) is 13.0 Å². The lowest BCUT2D eigenvalue weighted by Gasteiger charge is -2.30. The molecule has 7 nitrogen and oxygen atoms in total. The van der Waals surface area contributed by atoms with Crippen molar-refractivity contribution in [1.29, 1.82) is 0 Å². The molecule has 0 bridgehead atoms. The molecule has 1 saturated carbocycles. The maximum Gasteiger partial charge on any atom is 0.319 e. The number of nitrogens with one attached hydrogen (secondary N) is 3. The molecule has 3 unspecified atom stereocenters. The molecule has 3 N–H and O–H groups in total. The monoisotopic (exact) mass is 420 g/mol. The molecule has 1 fully saturated rings. The van der Waals surface area contributed by atoms with E-state index in [0.29, 0.717) is 25.1 Å². The highest BCUT2D eigenvalue weighted by Crippen LogP contribution is 2.27. The van der Waals surface area contributed by atoms with E-state index in [4.69, 9.17) is 0 Å². The van der Waals surface area contributed by atoms with E-state index in [2.05, 4.69) is 20.3 Å². The third kappa shape index (κ3) is 5.98. The summed E-state index contributed by atoms with van der Waals surface area (Å²) >= 11 is 0. The lowest BCUT2D eigenvalue weighted by molar-refractivity contribution is 0.174. The number of halogens is 1. The summed E-state index contributed by atoms with van der Waals surface area (Å²) in [7, 11) is -3.83. The molecule has 0 radical (unpaired) electrons. The summed E-state index contributed by atoms with van der Waals surface area (Å²) in [4.78, 5) is 16.0. The second-order valence-corrected chi connectivity index (χ2v) is 9.07. The minimum absolute atomic E-state index is 0.0317. The highest BCUT2D eigenvalue weighted by Gasteiger charge is 2.32. The average Bonchev–Trinajstić information content (AvgIpc) is 2.70. The van der Waals surface area contributed by atoms with Crippen LogP contribution in [-0.2, 0) is 16.6 Å². The number of aromatic nitrogens is 1. The Bertz CT molecular complexity index is 923. The van der Waals surface area contributed by atoms with Crippen LogP contribution in [0.15, 0.2) is 53.7 Å². The van der Waals surface area contributed by atoms with E-state index >= 15 is 0 Å². The Hall–Kier alpha value is -2.52. The number of benzene rings is 1. The normalized spacial score (nSPS) is 22.1. The second-order valence-electron chi connectivity index (χ2n) is 7.36. The van der Waals surface area contributed by atoms with Gasteiger partial charge in [0, 0.05) is 24.6 Å². The molecule has 1 heterocycles. The Kier molecular flexibility index (Phi) is 6.81. The van der Waals surface area contributed by atoms with Crippen LogP contribution >= 0.6 is 0 Å². The number of amides is 2. The molecule has 2 amide bonds. The van der Waals surface area contributed by atoms with Crippen LogP contribution < -0.4 is 15.4 Å². The fourth-order valence-corrected chi connectivity index (χ4v) is 4.58. The summed E-state index contributed by atoms with van der Waals surface area (Å²) < 4.78 is 41.7. The van der Waals surface area contributed by atoms with E-state index in [1.54, 1.807) is 18.5 Å². The van der Waals surface area contributed by atoms with Gasteiger partial charge in [-0.1, -0.05) is 13.0 Å². The van der Waals surface area contributed by atoms with Crippen molar-refractivity contribution in [3.8, 4) is 0 Å². The van der Waals surface area contributed by atoms with Crippen molar-refractivity contribution in [2.75, 3.05) is 5.32 Å². The number of pyridine rings is 1. The van der Waals surface area contributed by atoms with Crippen LogP contribution in [0.25, 0.3) is 0 Å². The molecule has 0 saturated heterocycles. The number of sulfonamides is 1. The van der Waals surface area contributed by atoms with E-state index in [-0.39, 0.29) is 10.8 Å². The standard InChI is InChI=1S/C20H25FN4O3S/c1-14-4-9-18(21)19(11-14)25-29(27,28)17-7-5-16(6-8-17)24-20(26)23-13-15-3-2-10-22-12-15/h2-3,5-8,10,12,14,18-19,25H,4,9,11,13H2,1H3,(H2,23,24,26). The highest BCUT2D eigenvalue weighted by molar-refractivity contribution is 7.89. The first-order valence-corrected chi connectivity index (χ1v) is 11.0. The summed E-state index contributed by atoms with van der Waals surface area (Å²) in [6.07, 6.45) is 3.74. The second kappa shape index (κ2) is 9.32. The first-order valence-electron chi connectivity index (χ1n) is 9.54. The maximum absolute atomic E-state index is 14.1. The molecule has 3 atom stereocenters.